The van der Waals surface area contributed by atoms with E-state index in [4.69, 9.17) is 5.11 Å². The summed E-state index contributed by atoms with van der Waals surface area (Å²) in [5.41, 5.74) is 1.78. The van der Waals surface area contributed by atoms with Crippen molar-refractivity contribution in [3.63, 3.8) is 0 Å². The predicted octanol–water partition coefficient (Wildman–Crippen LogP) is 2.54. The van der Waals surface area contributed by atoms with Gasteiger partial charge >= 0.3 is 5.97 Å². The first-order chi connectivity index (χ1) is 7.91. The summed E-state index contributed by atoms with van der Waals surface area (Å²) >= 11 is 0. The maximum atomic E-state index is 13.2. The molecule has 0 amide bonds. The van der Waals surface area contributed by atoms with Gasteiger partial charge in [0.25, 0.3) is 0 Å². The highest BCUT2D eigenvalue weighted by atomic mass is 19.1. The Morgan fingerprint density at radius 2 is 2.12 bits per heavy atom. The molecular formula is C13H18FNO2. The van der Waals surface area contributed by atoms with Crippen LogP contribution >= 0.6 is 0 Å². The van der Waals surface area contributed by atoms with E-state index in [2.05, 4.69) is 0 Å². The first kappa shape index (κ1) is 13.5. The lowest BCUT2D eigenvalue weighted by Gasteiger charge is -2.18. The number of anilines is 1. The van der Waals surface area contributed by atoms with E-state index < -0.39 is 11.9 Å². The highest BCUT2D eigenvalue weighted by Gasteiger charge is 2.13. The van der Waals surface area contributed by atoms with E-state index in [9.17, 15) is 9.18 Å². The summed E-state index contributed by atoms with van der Waals surface area (Å²) in [6, 6.07) is 4.61. The van der Waals surface area contributed by atoms with E-state index in [1.807, 2.05) is 19.0 Å². The molecule has 94 valence electrons. The molecule has 1 aromatic carbocycles. The molecule has 0 aliphatic carbocycles. The molecule has 3 nitrogen and oxygen atoms in total. The molecule has 1 N–H and O–H groups in total. The lowest BCUT2D eigenvalue weighted by molar-refractivity contribution is -0.141. The van der Waals surface area contributed by atoms with Gasteiger partial charge in [-0.1, -0.05) is 6.92 Å². The molecule has 0 spiro atoms. The number of hydrogen-bond donors (Lipinski definition) is 1. The molecule has 0 radical (unpaired) electrons. The Morgan fingerprint density at radius 1 is 1.47 bits per heavy atom. The number of carboxylic acid groups (broad SMARTS) is 1. The van der Waals surface area contributed by atoms with Crippen LogP contribution in [0.3, 0.4) is 0 Å². The van der Waals surface area contributed by atoms with E-state index in [-0.39, 0.29) is 5.82 Å². The summed E-state index contributed by atoms with van der Waals surface area (Å²) in [4.78, 5) is 12.6. The van der Waals surface area contributed by atoms with Crippen LogP contribution in [-0.2, 0) is 11.2 Å². The summed E-state index contributed by atoms with van der Waals surface area (Å²) in [5.74, 6) is -1.50. The van der Waals surface area contributed by atoms with Gasteiger partial charge in [0, 0.05) is 19.8 Å². The lowest BCUT2D eigenvalue weighted by atomic mass is 9.99. The van der Waals surface area contributed by atoms with Crippen LogP contribution in [0.15, 0.2) is 18.2 Å². The third-order valence-corrected chi connectivity index (χ3v) is 2.79. The average Bonchev–Trinajstić information content (AvgIpc) is 2.25. The van der Waals surface area contributed by atoms with Gasteiger partial charge in [0.2, 0.25) is 0 Å². The smallest absolute Gasteiger partial charge is 0.306 e. The van der Waals surface area contributed by atoms with E-state index in [1.165, 1.54) is 12.1 Å². The van der Waals surface area contributed by atoms with Crippen molar-refractivity contribution >= 4 is 11.7 Å². The van der Waals surface area contributed by atoms with Gasteiger partial charge in [0.15, 0.2) is 0 Å². The van der Waals surface area contributed by atoms with Crippen LogP contribution in [0.1, 0.15) is 18.9 Å². The van der Waals surface area contributed by atoms with Crippen LogP contribution in [-0.4, -0.2) is 25.2 Å². The number of rotatable bonds is 5. The minimum Gasteiger partial charge on any atom is -0.481 e. The molecule has 0 heterocycles. The second kappa shape index (κ2) is 5.66. The summed E-state index contributed by atoms with van der Waals surface area (Å²) in [7, 11) is 3.77. The van der Waals surface area contributed by atoms with Crippen molar-refractivity contribution in [2.45, 2.75) is 19.8 Å². The van der Waals surface area contributed by atoms with Crippen molar-refractivity contribution in [3.05, 3.63) is 29.6 Å². The number of hydrogen-bond acceptors (Lipinski definition) is 2. The van der Waals surface area contributed by atoms with Crippen LogP contribution in [0.5, 0.6) is 0 Å². The van der Waals surface area contributed by atoms with Crippen LogP contribution in [0.4, 0.5) is 10.1 Å². The minimum absolute atomic E-state index is 0.284. The maximum absolute atomic E-state index is 13.2. The third kappa shape index (κ3) is 3.73. The Labute approximate surface area is 101 Å². The number of aryl methyl sites for hydroxylation is 1. The quantitative estimate of drug-likeness (QED) is 0.858. The van der Waals surface area contributed by atoms with Gasteiger partial charge in [-0.25, -0.2) is 4.39 Å². The van der Waals surface area contributed by atoms with Crippen molar-refractivity contribution in [1.29, 1.82) is 0 Å². The van der Waals surface area contributed by atoms with Crippen molar-refractivity contribution in [1.82, 2.24) is 0 Å². The Bertz CT molecular complexity index is 404. The van der Waals surface area contributed by atoms with Crippen LogP contribution in [0.2, 0.25) is 0 Å². The zero-order valence-electron chi connectivity index (χ0n) is 10.4. The Kier molecular flexibility index (Phi) is 4.49. The lowest BCUT2D eigenvalue weighted by Crippen LogP contribution is -2.14. The Balaban J connectivity index is 2.82. The Hall–Kier alpha value is -1.58. The third-order valence-electron chi connectivity index (χ3n) is 2.79. The van der Waals surface area contributed by atoms with E-state index >= 15 is 0 Å². The molecule has 0 bridgehead atoms. The largest absolute Gasteiger partial charge is 0.481 e. The minimum atomic E-state index is -0.812. The molecule has 0 saturated heterocycles. The summed E-state index contributed by atoms with van der Waals surface area (Å²) in [5, 5.41) is 8.81. The second-order valence-electron chi connectivity index (χ2n) is 4.45. The predicted molar refractivity (Wildman–Crippen MR) is 65.8 cm³/mol. The zero-order chi connectivity index (χ0) is 13.0. The topological polar surface area (TPSA) is 40.5 Å². The summed E-state index contributed by atoms with van der Waals surface area (Å²) in [6.07, 6.45) is 1.08. The fourth-order valence-electron chi connectivity index (χ4n) is 1.69. The van der Waals surface area contributed by atoms with Gasteiger partial charge < -0.3 is 10.0 Å². The monoisotopic (exact) mass is 239 g/mol. The van der Waals surface area contributed by atoms with Crippen LogP contribution < -0.4 is 4.90 Å². The molecule has 17 heavy (non-hydrogen) atoms. The molecule has 0 aliphatic rings. The number of nitrogens with zero attached hydrogens (tertiary/aromatic N) is 1. The second-order valence-corrected chi connectivity index (χ2v) is 4.45. The number of benzene rings is 1. The molecule has 1 aromatic rings. The fraction of sp³-hybridized carbons (Fsp3) is 0.462. The van der Waals surface area contributed by atoms with Gasteiger partial charge in [0.1, 0.15) is 5.82 Å². The highest BCUT2D eigenvalue weighted by molar-refractivity contribution is 5.69. The molecule has 1 rings (SSSR count). The number of halogens is 1. The molecule has 0 aromatic heterocycles. The summed E-state index contributed by atoms with van der Waals surface area (Å²) in [6.45, 7) is 1.66. The normalized spacial score (nSPS) is 12.2. The zero-order valence-corrected chi connectivity index (χ0v) is 10.4. The molecule has 0 aliphatic heterocycles. The molecular weight excluding hydrogens is 221 g/mol. The van der Waals surface area contributed by atoms with Gasteiger partial charge in [0.05, 0.1) is 5.92 Å². The van der Waals surface area contributed by atoms with Crippen LogP contribution in [0, 0.1) is 11.7 Å². The van der Waals surface area contributed by atoms with E-state index in [0.717, 1.165) is 11.3 Å². The number of aliphatic carboxylic acids is 1. The molecule has 0 saturated carbocycles. The first-order valence-corrected chi connectivity index (χ1v) is 5.60. The average molecular weight is 239 g/mol. The standard InChI is InChI=1S/C13H18FNO2/c1-9(13(16)17)4-5-10-8-11(14)6-7-12(10)15(2)3/h6-9H,4-5H2,1-3H3,(H,16,17). The maximum Gasteiger partial charge on any atom is 0.306 e. The van der Waals surface area contributed by atoms with Crippen molar-refractivity contribution in [2.75, 3.05) is 19.0 Å². The number of carbonyl (C=O) groups is 1. The van der Waals surface area contributed by atoms with Gasteiger partial charge in [-0.05, 0) is 36.6 Å². The molecule has 4 heteroatoms. The molecule has 0 fully saturated rings. The van der Waals surface area contributed by atoms with Crippen molar-refractivity contribution in [2.24, 2.45) is 5.92 Å². The Morgan fingerprint density at radius 3 is 2.65 bits per heavy atom. The molecule has 1 atom stereocenters. The van der Waals surface area contributed by atoms with Gasteiger partial charge in [-0.3, -0.25) is 4.79 Å². The fourth-order valence-corrected chi connectivity index (χ4v) is 1.69. The van der Waals surface area contributed by atoms with Gasteiger partial charge in [-0.2, -0.15) is 0 Å². The van der Waals surface area contributed by atoms with Crippen molar-refractivity contribution in [3.8, 4) is 0 Å². The van der Waals surface area contributed by atoms with E-state index in [1.54, 1.807) is 13.0 Å². The van der Waals surface area contributed by atoms with E-state index in [0.29, 0.717) is 12.8 Å². The van der Waals surface area contributed by atoms with Gasteiger partial charge in [-0.15, -0.1) is 0 Å². The van der Waals surface area contributed by atoms with Crippen LogP contribution in [0.25, 0.3) is 0 Å². The summed E-state index contributed by atoms with van der Waals surface area (Å²) < 4.78 is 13.2. The SMILES string of the molecule is CC(CCc1cc(F)ccc1N(C)C)C(=O)O. The first-order valence-electron chi connectivity index (χ1n) is 5.60. The highest BCUT2D eigenvalue weighted by Crippen LogP contribution is 2.22. The molecule has 1 unspecified atom stereocenters. The van der Waals surface area contributed by atoms with Crippen molar-refractivity contribution < 1.29 is 14.3 Å². The number of carboxylic acids is 1.